The van der Waals surface area contributed by atoms with Crippen molar-refractivity contribution in [3.8, 4) is 0 Å². The first-order chi connectivity index (χ1) is 19.5. The molecule has 0 spiro atoms. The van der Waals surface area contributed by atoms with E-state index in [4.69, 9.17) is 13.9 Å². The van der Waals surface area contributed by atoms with Gasteiger partial charge in [-0.25, -0.2) is 0 Å². The Morgan fingerprint density at radius 1 is 0.775 bits per heavy atom. The number of fused-ring (bicyclic) bond motifs is 5. The lowest BCUT2D eigenvalue weighted by atomic mass is 9.43. The van der Waals surface area contributed by atoms with Crippen LogP contribution in [0.2, 0.25) is 0 Å². The van der Waals surface area contributed by atoms with Crippen LogP contribution in [0.4, 0.5) is 0 Å². The minimum atomic E-state index is -0.422. The van der Waals surface area contributed by atoms with Crippen LogP contribution in [0.1, 0.15) is 109 Å². The van der Waals surface area contributed by atoms with Gasteiger partial charge in [-0.2, -0.15) is 0 Å². The highest BCUT2D eigenvalue weighted by Crippen LogP contribution is 2.71. The van der Waals surface area contributed by atoms with Gasteiger partial charge in [0.25, 0.3) is 0 Å². The van der Waals surface area contributed by atoms with Crippen molar-refractivity contribution in [3.05, 3.63) is 24.2 Å². The van der Waals surface area contributed by atoms with Gasteiger partial charge in [-0.15, -0.1) is 0 Å². The molecule has 5 heteroatoms. The summed E-state index contributed by atoms with van der Waals surface area (Å²) >= 11 is 0. The summed E-state index contributed by atoms with van der Waals surface area (Å²) in [4.78, 5) is 5.23. The molecule has 2 saturated heterocycles. The summed E-state index contributed by atoms with van der Waals surface area (Å²) in [6.45, 7) is 14.1. The fourth-order valence-corrected chi connectivity index (χ4v) is 11.5. The van der Waals surface area contributed by atoms with Gasteiger partial charge < -0.3 is 23.7 Å². The van der Waals surface area contributed by atoms with Crippen LogP contribution in [-0.4, -0.2) is 68.1 Å². The molecule has 1 unspecified atom stereocenters. The van der Waals surface area contributed by atoms with Crippen LogP contribution in [0, 0.1) is 34.5 Å². The molecule has 6 fully saturated rings. The molecule has 1 aromatic rings. The molecule has 0 N–H and O–H groups in total. The predicted molar refractivity (Wildman–Crippen MR) is 159 cm³/mol. The summed E-state index contributed by atoms with van der Waals surface area (Å²) < 4.78 is 20.1. The van der Waals surface area contributed by atoms with E-state index >= 15 is 0 Å². The molecular formula is C35H56N2O3. The van der Waals surface area contributed by atoms with Crippen molar-refractivity contribution >= 4 is 0 Å². The molecule has 0 aromatic carbocycles. The van der Waals surface area contributed by atoms with Crippen molar-refractivity contribution in [2.45, 2.75) is 109 Å². The summed E-state index contributed by atoms with van der Waals surface area (Å²) in [5.74, 6) is 3.31. The van der Waals surface area contributed by atoms with E-state index < -0.39 is 5.79 Å². The largest absolute Gasteiger partial charge is 0.472 e. The molecule has 2 aliphatic heterocycles. The number of likely N-dealkylation sites (tertiary alicyclic amines) is 2. The standard InChI is InChI=1S/C35H56N2O3/c1-33-16-13-32-29(31(33)12-11-30(33)27-14-23-38-26-27)10-9-28-8-7-15-35(34(28,32)2,39-24-21-36-17-3-4-18-36)40-25-22-37-19-5-6-20-37/h14,23,26,28-32H,3-13,15-22,24-25H2,1-2H3/t28?,29-,30+,31-,32-,33+,34-/m0/s1. The highest BCUT2D eigenvalue weighted by Gasteiger charge is 2.67. The van der Waals surface area contributed by atoms with Crippen LogP contribution in [-0.2, 0) is 9.47 Å². The van der Waals surface area contributed by atoms with Gasteiger partial charge in [0.1, 0.15) is 0 Å². The molecule has 3 heterocycles. The number of hydrogen-bond acceptors (Lipinski definition) is 5. The molecule has 0 bridgehead atoms. The Kier molecular flexibility index (Phi) is 7.90. The zero-order valence-electron chi connectivity index (χ0n) is 25.6. The molecule has 224 valence electrons. The highest BCUT2D eigenvalue weighted by atomic mass is 16.7. The summed E-state index contributed by atoms with van der Waals surface area (Å²) in [7, 11) is 0. The molecule has 0 radical (unpaired) electrons. The van der Waals surface area contributed by atoms with Crippen LogP contribution in [0.3, 0.4) is 0 Å². The van der Waals surface area contributed by atoms with E-state index in [9.17, 15) is 0 Å². The van der Waals surface area contributed by atoms with Gasteiger partial charge in [0.05, 0.1) is 25.7 Å². The lowest BCUT2D eigenvalue weighted by molar-refractivity contribution is -0.352. The van der Waals surface area contributed by atoms with E-state index in [1.54, 1.807) is 0 Å². The van der Waals surface area contributed by atoms with E-state index in [-0.39, 0.29) is 5.41 Å². The molecule has 7 rings (SSSR count). The number of nitrogens with zero attached hydrogens (tertiary/aromatic N) is 2. The van der Waals surface area contributed by atoms with Gasteiger partial charge >= 0.3 is 0 Å². The van der Waals surface area contributed by atoms with Crippen LogP contribution in [0.25, 0.3) is 0 Å². The highest BCUT2D eigenvalue weighted by molar-refractivity contribution is 5.23. The van der Waals surface area contributed by atoms with E-state index in [1.807, 2.05) is 12.5 Å². The summed E-state index contributed by atoms with van der Waals surface area (Å²) in [6, 6.07) is 2.25. The molecule has 4 saturated carbocycles. The van der Waals surface area contributed by atoms with Crippen molar-refractivity contribution in [1.29, 1.82) is 0 Å². The third-order valence-corrected chi connectivity index (χ3v) is 13.6. The molecule has 4 aliphatic carbocycles. The van der Waals surface area contributed by atoms with E-state index in [1.165, 1.54) is 109 Å². The van der Waals surface area contributed by atoms with Gasteiger partial charge in [-0.05, 0) is 150 Å². The first-order valence-electron chi connectivity index (χ1n) is 17.3. The lowest BCUT2D eigenvalue weighted by Gasteiger charge is -2.65. The molecule has 40 heavy (non-hydrogen) atoms. The van der Waals surface area contributed by atoms with Gasteiger partial charge in [0.15, 0.2) is 5.79 Å². The zero-order valence-corrected chi connectivity index (χ0v) is 25.6. The van der Waals surface area contributed by atoms with Crippen molar-refractivity contribution < 1.29 is 13.9 Å². The maximum absolute atomic E-state index is 7.24. The molecule has 0 amide bonds. The average molecular weight is 553 g/mol. The molecule has 1 aromatic heterocycles. The Morgan fingerprint density at radius 3 is 2.12 bits per heavy atom. The summed E-state index contributed by atoms with van der Waals surface area (Å²) in [5.41, 5.74) is 1.96. The lowest BCUT2D eigenvalue weighted by Crippen LogP contribution is -2.65. The second kappa shape index (κ2) is 11.3. The maximum Gasteiger partial charge on any atom is 0.174 e. The number of rotatable bonds is 9. The van der Waals surface area contributed by atoms with Crippen LogP contribution >= 0.6 is 0 Å². The molecule has 7 atom stereocenters. The van der Waals surface area contributed by atoms with E-state index in [0.29, 0.717) is 17.3 Å². The summed E-state index contributed by atoms with van der Waals surface area (Å²) in [5, 5.41) is 0. The zero-order chi connectivity index (χ0) is 27.2. The number of ether oxygens (including phenoxy) is 2. The van der Waals surface area contributed by atoms with Crippen LogP contribution < -0.4 is 0 Å². The first-order valence-corrected chi connectivity index (χ1v) is 17.3. The molecular weight excluding hydrogens is 496 g/mol. The Bertz CT molecular complexity index is 947. The third kappa shape index (κ3) is 4.64. The van der Waals surface area contributed by atoms with Gasteiger partial charge in [0.2, 0.25) is 0 Å². The van der Waals surface area contributed by atoms with Crippen molar-refractivity contribution in [2.75, 3.05) is 52.5 Å². The topological polar surface area (TPSA) is 38.1 Å². The minimum absolute atomic E-state index is 0.110. The van der Waals surface area contributed by atoms with Gasteiger partial charge in [0, 0.05) is 24.9 Å². The Hall–Kier alpha value is -0.880. The van der Waals surface area contributed by atoms with Crippen molar-refractivity contribution in [1.82, 2.24) is 9.80 Å². The SMILES string of the molecule is C[C@]12CC[C@H]3[C@@H](CCC4CCCC(OCCN5CCCC5)(OCCN5CCCC5)[C@@]43C)[C@@H]1CC[C@@H]2c1ccoc1. The van der Waals surface area contributed by atoms with Crippen molar-refractivity contribution in [2.24, 2.45) is 34.5 Å². The van der Waals surface area contributed by atoms with Crippen molar-refractivity contribution in [3.63, 3.8) is 0 Å². The maximum atomic E-state index is 7.24. The van der Waals surface area contributed by atoms with E-state index in [2.05, 4.69) is 29.7 Å². The number of hydrogen-bond donors (Lipinski definition) is 0. The van der Waals surface area contributed by atoms with Crippen LogP contribution in [0.5, 0.6) is 0 Å². The smallest absolute Gasteiger partial charge is 0.174 e. The molecule has 6 aliphatic rings. The van der Waals surface area contributed by atoms with E-state index in [0.717, 1.165) is 50.5 Å². The first kappa shape index (κ1) is 27.9. The van der Waals surface area contributed by atoms with Gasteiger partial charge in [-0.1, -0.05) is 13.8 Å². The Labute approximate surface area is 243 Å². The monoisotopic (exact) mass is 552 g/mol. The third-order valence-electron chi connectivity index (χ3n) is 13.6. The molecule has 5 nitrogen and oxygen atoms in total. The van der Waals surface area contributed by atoms with Crippen LogP contribution in [0.15, 0.2) is 23.0 Å². The summed E-state index contributed by atoms with van der Waals surface area (Å²) in [6.07, 6.45) is 21.2. The second-order valence-electron chi connectivity index (χ2n) is 15.1. The average Bonchev–Trinajstić information content (AvgIpc) is 3.77. The minimum Gasteiger partial charge on any atom is -0.472 e. The number of furan rings is 1. The Morgan fingerprint density at radius 2 is 1.48 bits per heavy atom. The van der Waals surface area contributed by atoms with Gasteiger partial charge in [-0.3, -0.25) is 0 Å². The normalized spacial score (nSPS) is 41.6. The predicted octanol–water partition coefficient (Wildman–Crippen LogP) is 7.33. The fourth-order valence-electron chi connectivity index (χ4n) is 11.5. The quantitative estimate of drug-likeness (QED) is 0.300. The fraction of sp³-hybridized carbons (Fsp3) is 0.886. The Balaban J connectivity index is 1.15. The second-order valence-corrected chi connectivity index (χ2v) is 15.1.